The zero-order valence-electron chi connectivity index (χ0n) is 11.2. The quantitative estimate of drug-likeness (QED) is 0.467. The molecule has 0 aliphatic rings. The van der Waals surface area contributed by atoms with E-state index in [0.717, 1.165) is 0 Å². The van der Waals surface area contributed by atoms with Gasteiger partial charge in [-0.05, 0) is 31.0 Å². The first-order chi connectivity index (χ1) is 8.58. The van der Waals surface area contributed by atoms with Gasteiger partial charge in [0.2, 0.25) is 0 Å². The van der Waals surface area contributed by atoms with Gasteiger partial charge in [-0.3, -0.25) is 9.59 Å². The lowest BCUT2D eigenvalue weighted by Gasteiger charge is -2.08. The summed E-state index contributed by atoms with van der Waals surface area (Å²) in [6, 6.07) is 2.70. The van der Waals surface area contributed by atoms with Gasteiger partial charge in [0.15, 0.2) is 17.9 Å². The van der Waals surface area contributed by atoms with E-state index in [2.05, 4.69) is 0 Å². The minimum atomic E-state index is -0.688. The van der Waals surface area contributed by atoms with Gasteiger partial charge in [-0.15, -0.1) is 0 Å². The number of halogens is 1. The summed E-state index contributed by atoms with van der Waals surface area (Å²) in [5.41, 5.74) is 0.664. The van der Waals surface area contributed by atoms with Gasteiger partial charge in [-0.25, -0.2) is 4.39 Å². The van der Waals surface area contributed by atoms with E-state index in [0.29, 0.717) is 18.3 Å². The average Bonchev–Trinajstić information content (AvgIpc) is 2.35. The first-order valence-electron chi connectivity index (χ1n) is 6.04. The Balaban J connectivity index is 0.00000137. The first kappa shape index (κ1) is 16.3. The van der Waals surface area contributed by atoms with Gasteiger partial charge in [0.25, 0.3) is 0 Å². The Morgan fingerprint density at radius 3 is 2.50 bits per heavy atom. The average molecular weight is 254 g/mol. The number of hydrogen-bond acceptors (Lipinski definition) is 3. The maximum Gasteiger partial charge on any atom is 0.311 e. The summed E-state index contributed by atoms with van der Waals surface area (Å²) in [5, 5.41) is 0. The van der Waals surface area contributed by atoms with Gasteiger partial charge in [0, 0.05) is 6.42 Å². The number of hydrogen-bond donors (Lipinski definition) is 0. The van der Waals surface area contributed by atoms with Crippen LogP contribution in [0.3, 0.4) is 0 Å². The van der Waals surface area contributed by atoms with E-state index >= 15 is 0 Å². The Morgan fingerprint density at radius 2 is 2.00 bits per heavy atom. The summed E-state index contributed by atoms with van der Waals surface area (Å²) in [5.74, 6) is -1.50. The van der Waals surface area contributed by atoms with Crippen LogP contribution in [0.15, 0.2) is 12.1 Å². The molecule has 0 amide bonds. The molecule has 18 heavy (non-hydrogen) atoms. The molecule has 0 unspecified atom stereocenters. The fourth-order valence-corrected chi connectivity index (χ4v) is 1.32. The Kier molecular flexibility index (Phi) is 7.59. The highest BCUT2D eigenvalue weighted by Crippen LogP contribution is 2.23. The molecule has 1 aromatic carbocycles. The highest BCUT2D eigenvalue weighted by molar-refractivity contribution is 5.82. The van der Waals surface area contributed by atoms with Crippen molar-refractivity contribution >= 4 is 12.3 Å². The monoisotopic (exact) mass is 254 g/mol. The highest BCUT2D eigenvalue weighted by atomic mass is 19.1. The SMILES string of the molecule is CC.CCCC(=O)Oc1c(F)cc(C)cc1C=O. The highest BCUT2D eigenvalue weighted by Gasteiger charge is 2.14. The zero-order chi connectivity index (χ0) is 14.1. The van der Waals surface area contributed by atoms with Crippen molar-refractivity contribution in [3.8, 4) is 5.75 Å². The standard InChI is InChI=1S/C12H13FO3.C2H6/c1-3-4-11(15)16-12-9(7-14)5-8(2)6-10(12)13;1-2/h5-7H,3-4H2,1-2H3;1-2H3. The molecule has 0 fully saturated rings. The molecule has 0 radical (unpaired) electrons. The lowest BCUT2D eigenvalue weighted by atomic mass is 10.1. The lowest BCUT2D eigenvalue weighted by molar-refractivity contribution is -0.134. The largest absolute Gasteiger partial charge is 0.423 e. The summed E-state index contributed by atoms with van der Waals surface area (Å²) in [7, 11) is 0. The van der Waals surface area contributed by atoms with E-state index in [1.807, 2.05) is 20.8 Å². The first-order valence-corrected chi connectivity index (χ1v) is 6.04. The zero-order valence-corrected chi connectivity index (χ0v) is 11.2. The van der Waals surface area contributed by atoms with Crippen molar-refractivity contribution in [2.75, 3.05) is 0 Å². The van der Waals surface area contributed by atoms with Crippen molar-refractivity contribution < 1.29 is 18.7 Å². The molecule has 0 spiro atoms. The van der Waals surface area contributed by atoms with E-state index < -0.39 is 11.8 Å². The minimum absolute atomic E-state index is 0.0574. The Labute approximate surface area is 107 Å². The number of carbonyl (C=O) groups excluding carboxylic acids is 2. The van der Waals surface area contributed by atoms with Crippen LogP contribution < -0.4 is 4.74 Å². The molecule has 0 heterocycles. The predicted octanol–water partition coefficient (Wildman–Crippen LogP) is 3.68. The maximum absolute atomic E-state index is 13.5. The predicted molar refractivity (Wildman–Crippen MR) is 68.4 cm³/mol. The van der Waals surface area contributed by atoms with Crippen LogP contribution >= 0.6 is 0 Å². The second kappa shape index (κ2) is 8.39. The van der Waals surface area contributed by atoms with Crippen LogP contribution in [0.5, 0.6) is 5.75 Å². The van der Waals surface area contributed by atoms with Crippen LogP contribution in [0, 0.1) is 12.7 Å². The van der Waals surface area contributed by atoms with Crippen molar-refractivity contribution in [3.05, 3.63) is 29.1 Å². The van der Waals surface area contributed by atoms with Crippen molar-refractivity contribution in [2.45, 2.75) is 40.5 Å². The molecule has 1 rings (SSSR count). The Bertz CT molecular complexity index is 414. The fourth-order valence-electron chi connectivity index (χ4n) is 1.32. The molecule has 3 nitrogen and oxygen atoms in total. The number of ether oxygens (including phenoxy) is 1. The van der Waals surface area contributed by atoms with Gasteiger partial charge in [-0.1, -0.05) is 20.8 Å². The lowest BCUT2D eigenvalue weighted by Crippen LogP contribution is -2.10. The molecular weight excluding hydrogens is 235 g/mol. The summed E-state index contributed by atoms with van der Waals surface area (Å²) in [6.45, 7) is 7.47. The van der Waals surface area contributed by atoms with Crippen LogP contribution in [0.25, 0.3) is 0 Å². The molecule has 0 N–H and O–H groups in total. The number of esters is 1. The number of benzene rings is 1. The van der Waals surface area contributed by atoms with Gasteiger partial charge < -0.3 is 4.74 Å². The third-order valence-electron chi connectivity index (χ3n) is 2.01. The Morgan fingerprint density at radius 1 is 1.39 bits per heavy atom. The summed E-state index contributed by atoms with van der Waals surface area (Å²) in [4.78, 5) is 21.9. The molecule has 1 aromatic rings. The van der Waals surface area contributed by atoms with E-state index in [-0.39, 0.29) is 17.7 Å². The van der Waals surface area contributed by atoms with Crippen LogP contribution in [-0.2, 0) is 4.79 Å². The maximum atomic E-state index is 13.5. The van der Waals surface area contributed by atoms with Gasteiger partial charge >= 0.3 is 5.97 Å². The van der Waals surface area contributed by atoms with Gasteiger partial charge in [-0.2, -0.15) is 0 Å². The smallest absolute Gasteiger partial charge is 0.311 e. The summed E-state index contributed by atoms with van der Waals surface area (Å²) >= 11 is 0. The molecule has 0 aliphatic heterocycles. The fraction of sp³-hybridized carbons (Fsp3) is 0.429. The van der Waals surface area contributed by atoms with Gasteiger partial charge in [0.05, 0.1) is 5.56 Å². The normalized spacial score (nSPS) is 9.17. The molecule has 4 heteroatoms. The summed E-state index contributed by atoms with van der Waals surface area (Å²) < 4.78 is 18.3. The Hall–Kier alpha value is -1.71. The molecule has 100 valence electrons. The molecule has 0 atom stereocenters. The van der Waals surface area contributed by atoms with E-state index in [9.17, 15) is 14.0 Å². The number of aldehydes is 1. The molecule has 0 aromatic heterocycles. The van der Waals surface area contributed by atoms with E-state index in [1.54, 1.807) is 6.92 Å². The number of aryl methyl sites for hydroxylation is 1. The number of carbonyl (C=O) groups is 2. The third-order valence-corrected chi connectivity index (χ3v) is 2.01. The van der Waals surface area contributed by atoms with Crippen molar-refractivity contribution in [2.24, 2.45) is 0 Å². The van der Waals surface area contributed by atoms with Crippen molar-refractivity contribution in [1.82, 2.24) is 0 Å². The van der Waals surface area contributed by atoms with Gasteiger partial charge in [0.1, 0.15) is 0 Å². The molecule has 0 bridgehead atoms. The van der Waals surface area contributed by atoms with Crippen LogP contribution in [0.2, 0.25) is 0 Å². The van der Waals surface area contributed by atoms with Crippen LogP contribution in [0.1, 0.15) is 49.5 Å². The second-order valence-corrected chi connectivity index (χ2v) is 3.51. The molecular formula is C14H19FO3. The molecule has 0 saturated carbocycles. The minimum Gasteiger partial charge on any atom is -0.423 e. The second-order valence-electron chi connectivity index (χ2n) is 3.51. The summed E-state index contributed by atoms with van der Waals surface area (Å²) in [6.07, 6.45) is 1.29. The molecule has 0 aliphatic carbocycles. The van der Waals surface area contributed by atoms with E-state index in [1.165, 1.54) is 12.1 Å². The third kappa shape index (κ3) is 4.65. The van der Waals surface area contributed by atoms with Crippen LogP contribution in [0.4, 0.5) is 4.39 Å². The topological polar surface area (TPSA) is 43.4 Å². The molecule has 0 saturated heterocycles. The van der Waals surface area contributed by atoms with Crippen molar-refractivity contribution in [1.29, 1.82) is 0 Å². The number of rotatable bonds is 4. The van der Waals surface area contributed by atoms with Crippen LogP contribution in [-0.4, -0.2) is 12.3 Å². The van der Waals surface area contributed by atoms with E-state index in [4.69, 9.17) is 4.74 Å². The van der Waals surface area contributed by atoms with Crippen molar-refractivity contribution in [3.63, 3.8) is 0 Å².